The summed E-state index contributed by atoms with van der Waals surface area (Å²) in [6.07, 6.45) is 1.46. The minimum Gasteiger partial charge on any atom is -0.395 e. The molecule has 118 valence electrons. The second-order valence-electron chi connectivity index (χ2n) is 4.97. The number of carbonyl (C=O) groups is 1. The highest BCUT2D eigenvalue weighted by atomic mass is 16.5. The smallest absolute Gasteiger partial charge is 0.253 e. The van der Waals surface area contributed by atoms with Gasteiger partial charge < -0.3 is 20.3 Å². The zero-order chi connectivity index (χ0) is 15.9. The first-order chi connectivity index (χ1) is 10.6. The maximum Gasteiger partial charge on any atom is 0.253 e. The van der Waals surface area contributed by atoms with Gasteiger partial charge in [0.25, 0.3) is 5.91 Å². The highest BCUT2D eigenvalue weighted by Gasteiger charge is 2.11. The number of aliphatic hydroxyl groups excluding tert-OH is 1. The molecule has 1 amide bonds. The molecule has 2 heterocycles. The average Bonchev–Trinajstić information content (AvgIpc) is 3.00. The van der Waals surface area contributed by atoms with E-state index in [-0.39, 0.29) is 25.0 Å². The minimum atomic E-state index is -0.267. The summed E-state index contributed by atoms with van der Waals surface area (Å²) in [5.41, 5.74) is 0.433. The van der Waals surface area contributed by atoms with Crippen LogP contribution in [-0.4, -0.2) is 39.3 Å². The Morgan fingerprint density at radius 2 is 2.23 bits per heavy atom. The first kappa shape index (κ1) is 15.9. The van der Waals surface area contributed by atoms with E-state index >= 15 is 0 Å². The lowest BCUT2D eigenvalue weighted by atomic mass is 10.2. The highest BCUT2D eigenvalue weighted by Crippen LogP contribution is 2.10. The van der Waals surface area contributed by atoms with Crippen LogP contribution in [0.2, 0.25) is 0 Å². The number of hydrogen-bond donors (Lipinski definition) is 3. The number of nitrogens with one attached hydrogen (secondary N) is 2. The second-order valence-corrected chi connectivity index (χ2v) is 4.97. The van der Waals surface area contributed by atoms with Crippen molar-refractivity contribution in [3.8, 4) is 0 Å². The van der Waals surface area contributed by atoms with Crippen LogP contribution in [0.15, 0.2) is 22.9 Å². The number of aromatic nitrogens is 3. The van der Waals surface area contributed by atoms with E-state index in [9.17, 15) is 4.79 Å². The van der Waals surface area contributed by atoms with E-state index in [1.165, 1.54) is 6.20 Å². The Hall–Kier alpha value is -2.48. The summed E-state index contributed by atoms with van der Waals surface area (Å²) in [5.74, 6) is 1.47. The number of amides is 1. The van der Waals surface area contributed by atoms with Gasteiger partial charge in [0, 0.05) is 18.7 Å². The molecule has 0 aliphatic carbocycles. The molecule has 0 atom stereocenters. The average molecular weight is 305 g/mol. The zero-order valence-electron chi connectivity index (χ0n) is 12.5. The molecule has 3 N–H and O–H groups in total. The maximum atomic E-state index is 12.0. The molecule has 22 heavy (non-hydrogen) atoms. The first-order valence-corrected chi connectivity index (χ1v) is 7.01. The number of anilines is 1. The van der Waals surface area contributed by atoms with Crippen molar-refractivity contribution in [3.63, 3.8) is 0 Å². The van der Waals surface area contributed by atoms with E-state index in [1.54, 1.807) is 12.1 Å². The third kappa shape index (κ3) is 4.26. The molecule has 0 saturated heterocycles. The van der Waals surface area contributed by atoms with Crippen molar-refractivity contribution in [2.75, 3.05) is 18.5 Å². The van der Waals surface area contributed by atoms with Crippen LogP contribution in [0.25, 0.3) is 0 Å². The van der Waals surface area contributed by atoms with Gasteiger partial charge in [0.1, 0.15) is 5.82 Å². The molecule has 0 aliphatic rings. The number of aliphatic hydroxyl groups is 1. The first-order valence-electron chi connectivity index (χ1n) is 7.01. The van der Waals surface area contributed by atoms with E-state index in [2.05, 4.69) is 25.8 Å². The quantitative estimate of drug-likeness (QED) is 0.697. The third-order valence-corrected chi connectivity index (χ3v) is 2.83. The molecular formula is C14H19N5O3. The lowest BCUT2D eigenvalue weighted by molar-refractivity contribution is 0.0949. The van der Waals surface area contributed by atoms with Crippen LogP contribution in [0.3, 0.4) is 0 Å². The van der Waals surface area contributed by atoms with Crippen molar-refractivity contribution in [2.24, 2.45) is 0 Å². The highest BCUT2D eigenvalue weighted by molar-refractivity contribution is 5.93. The van der Waals surface area contributed by atoms with Crippen molar-refractivity contribution in [1.29, 1.82) is 0 Å². The van der Waals surface area contributed by atoms with Crippen LogP contribution in [0.5, 0.6) is 0 Å². The van der Waals surface area contributed by atoms with E-state index < -0.39 is 0 Å². The van der Waals surface area contributed by atoms with Crippen LogP contribution in [-0.2, 0) is 6.54 Å². The minimum absolute atomic E-state index is 0.0208. The van der Waals surface area contributed by atoms with E-state index in [4.69, 9.17) is 9.63 Å². The van der Waals surface area contributed by atoms with Crippen molar-refractivity contribution in [1.82, 2.24) is 20.4 Å². The Morgan fingerprint density at radius 1 is 1.41 bits per heavy atom. The fraction of sp³-hybridized carbons (Fsp3) is 0.429. The lowest BCUT2D eigenvalue weighted by Crippen LogP contribution is -2.23. The van der Waals surface area contributed by atoms with Gasteiger partial charge in [-0.1, -0.05) is 19.0 Å². The monoisotopic (exact) mass is 305 g/mol. The van der Waals surface area contributed by atoms with Crippen LogP contribution >= 0.6 is 0 Å². The summed E-state index contributed by atoms with van der Waals surface area (Å²) in [4.78, 5) is 20.3. The second kappa shape index (κ2) is 7.51. The van der Waals surface area contributed by atoms with Crippen molar-refractivity contribution in [2.45, 2.75) is 26.3 Å². The van der Waals surface area contributed by atoms with Crippen molar-refractivity contribution < 1.29 is 14.4 Å². The third-order valence-electron chi connectivity index (χ3n) is 2.83. The Balaban J connectivity index is 1.88. The number of hydrogen-bond acceptors (Lipinski definition) is 7. The van der Waals surface area contributed by atoms with Gasteiger partial charge in [0.05, 0.1) is 18.7 Å². The predicted molar refractivity (Wildman–Crippen MR) is 79.4 cm³/mol. The molecule has 0 unspecified atom stereocenters. The van der Waals surface area contributed by atoms with E-state index in [0.29, 0.717) is 29.6 Å². The summed E-state index contributed by atoms with van der Waals surface area (Å²) >= 11 is 0. The summed E-state index contributed by atoms with van der Waals surface area (Å²) in [6, 6.07) is 3.33. The molecule has 2 aromatic rings. The molecule has 0 aliphatic heterocycles. The van der Waals surface area contributed by atoms with Crippen molar-refractivity contribution >= 4 is 11.7 Å². The lowest BCUT2D eigenvalue weighted by Gasteiger charge is -2.05. The van der Waals surface area contributed by atoms with Crippen LogP contribution in [0.4, 0.5) is 5.82 Å². The van der Waals surface area contributed by atoms with E-state index in [1.807, 2.05) is 13.8 Å². The van der Waals surface area contributed by atoms with Gasteiger partial charge in [-0.25, -0.2) is 4.98 Å². The molecule has 0 spiro atoms. The largest absolute Gasteiger partial charge is 0.395 e. The molecule has 8 heteroatoms. The topological polar surface area (TPSA) is 113 Å². The molecule has 8 nitrogen and oxygen atoms in total. The Kier molecular flexibility index (Phi) is 5.42. The molecule has 2 aromatic heterocycles. The molecule has 0 bridgehead atoms. The maximum absolute atomic E-state index is 12.0. The summed E-state index contributed by atoms with van der Waals surface area (Å²) in [5, 5.41) is 18.1. The van der Waals surface area contributed by atoms with Crippen molar-refractivity contribution in [3.05, 3.63) is 35.6 Å². The SMILES string of the molecule is CC(C)c1nc(CNC(=O)c2ccc(NCCO)nc2)no1. The summed E-state index contributed by atoms with van der Waals surface area (Å²) in [7, 11) is 0. The number of carbonyl (C=O) groups excluding carboxylic acids is 1. The fourth-order valence-corrected chi connectivity index (χ4v) is 1.65. The van der Waals surface area contributed by atoms with Crippen LogP contribution in [0.1, 0.15) is 41.8 Å². The van der Waals surface area contributed by atoms with Crippen LogP contribution < -0.4 is 10.6 Å². The van der Waals surface area contributed by atoms with Gasteiger partial charge in [0.15, 0.2) is 5.82 Å². The van der Waals surface area contributed by atoms with E-state index in [0.717, 1.165) is 0 Å². The Morgan fingerprint density at radius 3 is 2.82 bits per heavy atom. The Labute approximate surface area is 128 Å². The fourth-order valence-electron chi connectivity index (χ4n) is 1.65. The normalized spacial score (nSPS) is 10.7. The summed E-state index contributed by atoms with van der Waals surface area (Å²) in [6.45, 7) is 4.53. The van der Waals surface area contributed by atoms with Gasteiger partial charge in [-0.05, 0) is 12.1 Å². The molecular weight excluding hydrogens is 286 g/mol. The van der Waals surface area contributed by atoms with Gasteiger partial charge in [-0.2, -0.15) is 4.98 Å². The van der Waals surface area contributed by atoms with Gasteiger partial charge in [-0.3, -0.25) is 4.79 Å². The molecule has 0 fully saturated rings. The number of pyridine rings is 1. The van der Waals surface area contributed by atoms with Crippen LogP contribution in [0, 0.1) is 0 Å². The number of rotatable bonds is 7. The van der Waals surface area contributed by atoms with Gasteiger partial charge in [0.2, 0.25) is 5.89 Å². The summed E-state index contributed by atoms with van der Waals surface area (Å²) < 4.78 is 5.06. The van der Waals surface area contributed by atoms with Gasteiger partial charge in [-0.15, -0.1) is 0 Å². The Bertz CT molecular complexity index is 609. The molecule has 0 aromatic carbocycles. The predicted octanol–water partition coefficient (Wildman–Crippen LogP) is 0.922. The molecule has 2 rings (SSSR count). The van der Waals surface area contributed by atoms with Gasteiger partial charge >= 0.3 is 0 Å². The standard InChI is InChI=1S/C14H19N5O3/c1-9(2)14-18-12(19-22-14)8-17-13(21)10-3-4-11(16-7-10)15-5-6-20/h3-4,7,9,20H,5-6,8H2,1-2H3,(H,15,16)(H,17,21). The molecule has 0 saturated carbocycles. The number of nitrogens with zero attached hydrogens (tertiary/aromatic N) is 3. The molecule has 0 radical (unpaired) electrons. The zero-order valence-corrected chi connectivity index (χ0v) is 12.5.